The highest BCUT2D eigenvalue weighted by Crippen LogP contribution is 2.21. The molecule has 2 heterocycles. The van der Waals surface area contributed by atoms with Crippen LogP contribution in [0.25, 0.3) is 10.9 Å². The molecule has 0 aliphatic rings. The molecule has 3 aromatic rings. The van der Waals surface area contributed by atoms with Gasteiger partial charge in [0.15, 0.2) is 0 Å². The van der Waals surface area contributed by atoms with Crippen LogP contribution in [0.15, 0.2) is 40.9 Å². The first-order valence-electron chi connectivity index (χ1n) is 7.36. The van der Waals surface area contributed by atoms with Crippen molar-refractivity contribution in [3.63, 3.8) is 0 Å². The van der Waals surface area contributed by atoms with Gasteiger partial charge in [0.2, 0.25) is 0 Å². The Balaban J connectivity index is 1.91. The number of fused-ring (bicyclic) bond motifs is 1. The molecule has 0 fully saturated rings. The lowest BCUT2D eigenvalue weighted by atomic mass is 10.2. The molecule has 2 aromatic heterocycles. The van der Waals surface area contributed by atoms with Crippen molar-refractivity contribution in [1.82, 2.24) is 14.6 Å². The summed E-state index contributed by atoms with van der Waals surface area (Å²) in [6.07, 6.45) is 0. The van der Waals surface area contributed by atoms with E-state index < -0.39 is 0 Å². The molecule has 0 bridgehead atoms. The summed E-state index contributed by atoms with van der Waals surface area (Å²) in [4.78, 5) is 14.4. The van der Waals surface area contributed by atoms with E-state index in [9.17, 15) is 4.79 Å². The van der Waals surface area contributed by atoms with Gasteiger partial charge in [-0.25, -0.2) is 0 Å². The monoisotopic (exact) mass is 297 g/mol. The zero-order chi connectivity index (χ0) is 15.7. The van der Waals surface area contributed by atoms with Crippen LogP contribution in [0.2, 0.25) is 0 Å². The first-order valence-corrected chi connectivity index (χ1v) is 7.36. The number of carbonyl (C=O) groups is 1. The minimum absolute atomic E-state index is 0.0151. The van der Waals surface area contributed by atoms with E-state index in [0.717, 1.165) is 28.9 Å². The predicted molar refractivity (Wildman–Crippen MR) is 84.6 cm³/mol. The van der Waals surface area contributed by atoms with E-state index in [0.29, 0.717) is 12.2 Å². The number of carbonyl (C=O) groups excluding carboxylic acids is 1. The maximum absolute atomic E-state index is 12.8. The van der Waals surface area contributed by atoms with Gasteiger partial charge in [-0.05, 0) is 26.0 Å². The minimum Gasteiger partial charge on any atom is -0.361 e. The number of amides is 1. The average Bonchev–Trinajstić information content (AvgIpc) is 3.09. The van der Waals surface area contributed by atoms with Crippen LogP contribution in [0, 0.1) is 6.92 Å². The number of para-hydroxylation sites is 1. The molecule has 22 heavy (non-hydrogen) atoms. The van der Waals surface area contributed by atoms with Crippen molar-refractivity contribution in [2.45, 2.75) is 26.9 Å². The number of hydrogen-bond acceptors (Lipinski definition) is 3. The highest BCUT2D eigenvalue weighted by atomic mass is 16.5. The van der Waals surface area contributed by atoms with Gasteiger partial charge in [0.25, 0.3) is 5.91 Å². The molecule has 0 spiro atoms. The Bertz CT molecular complexity index is 816. The molecule has 0 atom stereocenters. The third-order valence-electron chi connectivity index (χ3n) is 3.77. The van der Waals surface area contributed by atoms with Crippen molar-refractivity contribution in [2.24, 2.45) is 0 Å². The molecule has 114 valence electrons. The van der Waals surface area contributed by atoms with Gasteiger partial charge in [0.05, 0.1) is 6.54 Å². The molecule has 1 aromatic carbocycles. The molecule has 5 nitrogen and oxygen atoms in total. The largest absolute Gasteiger partial charge is 0.361 e. The Morgan fingerprint density at radius 2 is 2.09 bits per heavy atom. The van der Waals surface area contributed by atoms with Crippen molar-refractivity contribution in [3.8, 4) is 0 Å². The van der Waals surface area contributed by atoms with Crippen LogP contribution in [0.5, 0.6) is 0 Å². The van der Waals surface area contributed by atoms with Gasteiger partial charge in [-0.15, -0.1) is 0 Å². The Hall–Kier alpha value is -2.56. The predicted octanol–water partition coefficient (Wildman–Crippen LogP) is 3.23. The van der Waals surface area contributed by atoms with Crippen molar-refractivity contribution >= 4 is 16.8 Å². The summed E-state index contributed by atoms with van der Waals surface area (Å²) in [6.45, 7) is 5.07. The summed E-state index contributed by atoms with van der Waals surface area (Å²) < 4.78 is 7.09. The lowest BCUT2D eigenvalue weighted by Crippen LogP contribution is -2.28. The van der Waals surface area contributed by atoms with E-state index in [2.05, 4.69) is 5.16 Å². The Morgan fingerprint density at radius 1 is 1.32 bits per heavy atom. The second-order valence-corrected chi connectivity index (χ2v) is 5.42. The third-order valence-corrected chi connectivity index (χ3v) is 3.77. The minimum atomic E-state index is -0.0151. The molecule has 0 saturated heterocycles. The van der Waals surface area contributed by atoms with Crippen LogP contribution in [-0.4, -0.2) is 27.6 Å². The van der Waals surface area contributed by atoms with Gasteiger partial charge >= 0.3 is 0 Å². The maximum Gasteiger partial charge on any atom is 0.270 e. The smallest absolute Gasteiger partial charge is 0.270 e. The molecule has 1 amide bonds. The number of nitrogens with zero attached hydrogens (tertiary/aromatic N) is 3. The van der Waals surface area contributed by atoms with Gasteiger partial charge in [0, 0.05) is 30.6 Å². The quantitative estimate of drug-likeness (QED) is 0.743. The van der Waals surface area contributed by atoms with Crippen LogP contribution < -0.4 is 0 Å². The lowest BCUT2D eigenvalue weighted by Gasteiger charge is -2.17. The van der Waals surface area contributed by atoms with E-state index in [4.69, 9.17) is 4.52 Å². The number of benzene rings is 1. The number of hydrogen-bond donors (Lipinski definition) is 0. The molecule has 0 N–H and O–H groups in total. The summed E-state index contributed by atoms with van der Waals surface area (Å²) in [7, 11) is 1.78. The molecule has 0 radical (unpaired) electrons. The summed E-state index contributed by atoms with van der Waals surface area (Å²) in [5, 5.41) is 5.02. The zero-order valence-corrected chi connectivity index (χ0v) is 13.0. The van der Waals surface area contributed by atoms with Gasteiger partial charge in [-0.2, -0.15) is 0 Å². The Kier molecular flexibility index (Phi) is 3.71. The van der Waals surface area contributed by atoms with E-state index in [-0.39, 0.29) is 5.91 Å². The Labute approximate surface area is 129 Å². The fourth-order valence-electron chi connectivity index (χ4n) is 2.73. The molecule has 3 rings (SSSR count). The van der Waals surface area contributed by atoms with Gasteiger partial charge < -0.3 is 14.0 Å². The van der Waals surface area contributed by atoms with Gasteiger partial charge in [-0.1, -0.05) is 23.4 Å². The summed E-state index contributed by atoms with van der Waals surface area (Å²) >= 11 is 0. The second-order valence-electron chi connectivity index (χ2n) is 5.42. The normalized spacial score (nSPS) is 11.0. The van der Waals surface area contributed by atoms with E-state index in [1.54, 1.807) is 11.9 Å². The van der Waals surface area contributed by atoms with Crippen LogP contribution in [0.4, 0.5) is 0 Å². The van der Waals surface area contributed by atoms with Crippen molar-refractivity contribution in [3.05, 3.63) is 53.5 Å². The second kappa shape index (κ2) is 5.67. The molecule has 0 unspecified atom stereocenters. The fraction of sp³-hybridized carbons (Fsp3) is 0.294. The lowest BCUT2D eigenvalue weighted by molar-refractivity contribution is 0.0772. The van der Waals surface area contributed by atoms with Gasteiger partial charge in [-0.3, -0.25) is 4.79 Å². The SMILES string of the molecule is CCn1c(C(=O)N(C)Cc2cc(C)on2)cc2ccccc21. The number of rotatable bonds is 4. The first-order chi connectivity index (χ1) is 10.6. The van der Waals surface area contributed by atoms with Crippen LogP contribution in [0.3, 0.4) is 0 Å². The van der Waals surface area contributed by atoms with E-state index in [1.807, 2.05) is 54.8 Å². The standard InChI is InChI=1S/C17H19N3O2/c1-4-20-15-8-6-5-7-13(15)10-16(20)17(21)19(3)11-14-9-12(2)22-18-14/h5-10H,4,11H2,1-3H3. The van der Waals surface area contributed by atoms with Crippen LogP contribution in [-0.2, 0) is 13.1 Å². The Morgan fingerprint density at radius 3 is 2.77 bits per heavy atom. The van der Waals surface area contributed by atoms with Gasteiger partial charge in [0.1, 0.15) is 17.1 Å². The summed E-state index contributed by atoms with van der Waals surface area (Å²) in [5.41, 5.74) is 2.54. The topological polar surface area (TPSA) is 51.3 Å². The highest BCUT2D eigenvalue weighted by Gasteiger charge is 2.19. The average molecular weight is 297 g/mol. The van der Waals surface area contributed by atoms with E-state index in [1.165, 1.54) is 0 Å². The molecule has 5 heteroatoms. The summed E-state index contributed by atoms with van der Waals surface area (Å²) in [6, 6.07) is 11.8. The van der Waals surface area contributed by atoms with E-state index >= 15 is 0 Å². The molecule has 0 aliphatic heterocycles. The summed E-state index contributed by atoms with van der Waals surface area (Å²) in [5.74, 6) is 0.734. The highest BCUT2D eigenvalue weighted by molar-refractivity contribution is 5.98. The zero-order valence-electron chi connectivity index (χ0n) is 13.0. The van der Waals surface area contributed by atoms with Crippen molar-refractivity contribution in [2.75, 3.05) is 7.05 Å². The third kappa shape index (κ3) is 2.50. The maximum atomic E-state index is 12.8. The molecule has 0 saturated carbocycles. The van der Waals surface area contributed by atoms with Crippen molar-refractivity contribution < 1.29 is 9.32 Å². The number of aromatic nitrogens is 2. The number of aryl methyl sites for hydroxylation is 2. The molecule has 0 aliphatic carbocycles. The molecular formula is C17H19N3O2. The van der Waals surface area contributed by atoms with Crippen molar-refractivity contribution in [1.29, 1.82) is 0 Å². The molecular weight excluding hydrogens is 278 g/mol. The first kappa shape index (κ1) is 14.4. The van der Waals surface area contributed by atoms with Crippen LogP contribution >= 0.6 is 0 Å². The fourth-order valence-corrected chi connectivity index (χ4v) is 2.73. The van der Waals surface area contributed by atoms with Crippen LogP contribution in [0.1, 0.15) is 28.9 Å².